The van der Waals surface area contributed by atoms with Crippen molar-refractivity contribution in [3.05, 3.63) is 11.8 Å². The number of nitrogens with zero attached hydrogens (tertiary/aromatic N) is 1. The Morgan fingerprint density at radius 1 is 1.45 bits per heavy atom. The van der Waals surface area contributed by atoms with Crippen molar-refractivity contribution >= 4 is 17.8 Å². The van der Waals surface area contributed by atoms with E-state index in [2.05, 4.69) is 22.7 Å². The van der Waals surface area contributed by atoms with Gasteiger partial charge in [-0.3, -0.25) is 10.1 Å². The number of carbonyl (C=O) groups excluding carboxylic acids is 1. The second kappa shape index (κ2) is 5.94. The molecule has 110 valence electrons. The maximum absolute atomic E-state index is 11.5. The van der Waals surface area contributed by atoms with Crippen LogP contribution in [0.5, 0.6) is 0 Å². The van der Waals surface area contributed by atoms with Crippen LogP contribution in [-0.2, 0) is 10.2 Å². The van der Waals surface area contributed by atoms with Crippen molar-refractivity contribution in [3.8, 4) is 0 Å². The largest absolute Gasteiger partial charge is 0.481 e. The zero-order valence-corrected chi connectivity index (χ0v) is 11.4. The topological polar surface area (TPSA) is 104 Å². The summed E-state index contributed by atoms with van der Waals surface area (Å²) in [6.45, 7) is 2.21. The summed E-state index contributed by atoms with van der Waals surface area (Å²) in [6, 6.07) is 1.25. The van der Waals surface area contributed by atoms with E-state index in [1.807, 2.05) is 0 Å². The van der Waals surface area contributed by atoms with Crippen molar-refractivity contribution in [2.45, 2.75) is 44.4 Å². The van der Waals surface area contributed by atoms with Gasteiger partial charge >= 0.3 is 12.0 Å². The number of carboxylic acid groups (broad SMARTS) is 1. The summed E-state index contributed by atoms with van der Waals surface area (Å²) in [6.07, 6.45) is 4.36. The van der Waals surface area contributed by atoms with Crippen LogP contribution in [0.3, 0.4) is 0 Å². The first-order valence-electron chi connectivity index (χ1n) is 6.73. The Morgan fingerprint density at radius 3 is 2.80 bits per heavy atom. The molecule has 0 saturated heterocycles. The van der Waals surface area contributed by atoms with E-state index >= 15 is 0 Å². The maximum Gasteiger partial charge on any atom is 0.320 e. The Morgan fingerprint density at radius 2 is 2.15 bits per heavy atom. The number of carbonyl (C=O) groups is 2. The lowest BCUT2D eigenvalue weighted by molar-refractivity contribution is -0.136. The maximum atomic E-state index is 11.5. The van der Waals surface area contributed by atoms with Crippen LogP contribution in [0, 0.1) is 0 Å². The molecule has 0 bridgehead atoms. The number of rotatable bonds is 5. The van der Waals surface area contributed by atoms with Gasteiger partial charge in [0.1, 0.15) is 5.76 Å². The fourth-order valence-electron chi connectivity index (χ4n) is 2.46. The SMILES string of the molecule is CC1(c2cc(NC(=O)NCCC(=O)O)no2)CCCC1. The summed E-state index contributed by atoms with van der Waals surface area (Å²) in [5.41, 5.74) is 0.00666. The highest BCUT2D eigenvalue weighted by molar-refractivity contribution is 5.88. The highest BCUT2D eigenvalue weighted by atomic mass is 16.5. The molecule has 0 unspecified atom stereocenters. The molecule has 7 nitrogen and oxygen atoms in total. The fraction of sp³-hybridized carbons (Fsp3) is 0.615. The van der Waals surface area contributed by atoms with E-state index < -0.39 is 12.0 Å². The van der Waals surface area contributed by atoms with Crippen LogP contribution in [0.2, 0.25) is 0 Å². The van der Waals surface area contributed by atoms with E-state index in [0.717, 1.165) is 18.6 Å². The minimum atomic E-state index is -0.955. The van der Waals surface area contributed by atoms with E-state index in [-0.39, 0.29) is 18.4 Å². The lowest BCUT2D eigenvalue weighted by Crippen LogP contribution is -2.30. The predicted octanol–water partition coefficient (Wildman–Crippen LogP) is 2.10. The number of carboxylic acids is 1. The molecule has 0 atom stereocenters. The molecule has 1 aliphatic carbocycles. The van der Waals surface area contributed by atoms with Gasteiger partial charge in [0.05, 0.1) is 6.42 Å². The van der Waals surface area contributed by atoms with Gasteiger partial charge in [0.25, 0.3) is 0 Å². The lowest BCUT2D eigenvalue weighted by Gasteiger charge is -2.18. The van der Waals surface area contributed by atoms with Gasteiger partial charge in [-0.2, -0.15) is 0 Å². The molecular formula is C13H19N3O4. The van der Waals surface area contributed by atoms with Crippen LogP contribution in [0.25, 0.3) is 0 Å². The molecule has 0 radical (unpaired) electrons. The Bertz CT molecular complexity index is 492. The number of amides is 2. The normalized spacial score (nSPS) is 16.9. The average molecular weight is 281 g/mol. The van der Waals surface area contributed by atoms with Gasteiger partial charge in [-0.15, -0.1) is 0 Å². The second-order valence-electron chi connectivity index (χ2n) is 5.37. The van der Waals surface area contributed by atoms with Gasteiger partial charge in [0.15, 0.2) is 5.82 Å². The van der Waals surface area contributed by atoms with Gasteiger partial charge in [0.2, 0.25) is 0 Å². The van der Waals surface area contributed by atoms with Gasteiger partial charge in [-0.25, -0.2) is 4.79 Å². The smallest absolute Gasteiger partial charge is 0.320 e. The first-order chi connectivity index (χ1) is 9.49. The lowest BCUT2D eigenvalue weighted by atomic mass is 9.86. The average Bonchev–Trinajstić information content (AvgIpc) is 2.99. The number of aromatic nitrogens is 1. The summed E-state index contributed by atoms with van der Waals surface area (Å²) in [7, 11) is 0. The number of aliphatic carboxylic acids is 1. The van der Waals surface area contributed by atoms with E-state index in [9.17, 15) is 9.59 Å². The van der Waals surface area contributed by atoms with Gasteiger partial charge in [-0.1, -0.05) is 24.9 Å². The summed E-state index contributed by atoms with van der Waals surface area (Å²) in [5, 5.41) is 17.3. The zero-order valence-electron chi connectivity index (χ0n) is 11.4. The molecule has 3 N–H and O–H groups in total. The number of urea groups is 1. The van der Waals surface area contributed by atoms with Crippen LogP contribution in [0.4, 0.5) is 10.6 Å². The Balaban J connectivity index is 1.86. The van der Waals surface area contributed by atoms with Crippen molar-refractivity contribution in [3.63, 3.8) is 0 Å². The quantitative estimate of drug-likeness (QED) is 0.766. The number of anilines is 1. The van der Waals surface area contributed by atoms with Crippen LogP contribution < -0.4 is 10.6 Å². The molecule has 2 rings (SSSR count). The first-order valence-corrected chi connectivity index (χ1v) is 6.73. The molecule has 0 aromatic carbocycles. The van der Waals surface area contributed by atoms with Gasteiger partial charge in [-0.05, 0) is 12.8 Å². The molecule has 20 heavy (non-hydrogen) atoms. The van der Waals surface area contributed by atoms with Crippen LogP contribution >= 0.6 is 0 Å². The molecule has 0 spiro atoms. The third kappa shape index (κ3) is 3.49. The van der Waals surface area contributed by atoms with E-state index in [1.165, 1.54) is 12.8 Å². The van der Waals surface area contributed by atoms with E-state index in [0.29, 0.717) is 5.82 Å². The highest BCUT2D eigenvalue weighted by Gasteiger charge is 2.34. The predicted molar refractivity (Wildman–Crippen MR) is 71.6 cm³/mol. The Kier molecular flexibility index (Phi) is 4.26. The number of hydrogen-bond donors (Lipinski definition) is 3. The summed E-state index contributed by atoms with van der Waals surface area (Å²) >= 11 is 0. The molecule has 0 aliphatic heterocycles. The third-order valence-electron chi connectivity index (χ3n) is 3.68. The molecule has 1 aromatic rings. The van der Waals surface area contributed by atoms with Crippen LogP contribution in [0.1, 0.15) is 44.8 Å². The number of hydrogen-bond acceptors (Lipinski definition) is 4. The summed E-state index contributed by atoms with van der Waals surface area (Å²) in [5.74, 6) is 0.181. The van der Waals surface area contributed by atoms with Crippen molar-refractivity contribution in [2.24, 2.45) is 0 Å². The van der Waals surface area contributed by atoms with E-state index in [1.54, 1.807) is 6.07 Å². The molecule has 1 heterocycles. The standard InChI is InChI=1S/C13H19N3O4/c1-13(5-2-3-6-13)9-8-10(16-20-9)15-12(19)14-7-4-11(17)18/h8H,2-7H2,1H3,(H,17,18)(H2,14,15,16,19). The molecular weight excluding hydrogens is 262 g/mol. The second-order valence-corrected chi connectivity index (χ2v) is 5.37. The van der Waals surface area contributed by atoms with E-state index in [4.69, 9.17) is 9.63 Å². The monoisotopic (exact) mass is 281 g/mol. The molecule has 1 aromatic heterocycles. The molecule has 1 fully saturated rings. The summed E-state index contributed by atoms with van der Waals surface area (Å²) in [4.78, 5) is 21.8. The highest BCUT2D eigenvalue weighted by Crippen LogP contribution is 2.41. The van der Waals surface area contributed by atoms with Crippen molar-refractivity contribution in [1.29, 1.82) is 0 Å². The third-order valence-corrected chi connectivity index (χ3v) is 3.68. The van der Waals surface area contributed by atoms with Crippen molar-refractivity contribution < 1.29 is 19.2 Å². The minimum Gasteiger partial charge on any atom is -0.481 e. The molecule has 2 amide bonds. The van der Waals surface area contributed by atoms with Crippen molar-refractivity contribution in [2.75, 3.05) is 11.9 Å². The minimum absolute atomic E-state index is 0.00666. The van der Waals surface area contributed by atoms with Crippen LogP contribution in [0.15, 0.2) is 10.6 Å². The van der Waals surface area contributed by atoms with Gasteiger partial charge < -0.3 is 14.9 Å². The fourth-order valence-corrected chi connectivity index (χ4v) is 2.46. The molecule has 1 saturated carbocycles. The summed E-state index contributed by atoms with van der Waals surface area (Å²) < 4.78 is 5.31. The molecule has 7 heteroatoms. The molecule has 1 aliphatic rings. The van der Waals surface area contributed by atoms with Crippen molar-refractivity contribution in [1.82, 2.24) is 10.5 Å². The van der Waals surface area contributed by atoms with Gasteiger partial charge in [0, 0.05) is 18.0 Å². The Labute approximate surface area is 116 Å². The zero-order chi connectivity index (χ0) is 14.6. The van der Waals surface area contributed by atoms with Crippen LogP contribution in [-0.4, -0.2) is 28.8 Å². The first kappa shape index (κ1) is 14.4. The number of nitrogens with one attached hydrogen (secondary N) is 2. The Hall–Kier alpha value is -2.05.